The van der Waals surface area contributed by atoms with E-state index in [1.165, 1.54) is 4.88 Å². The molecule has 4 nitrogen and oxygen atoms in total. The average Bonchev–Trinajstić information content (AvgIpc) is 3.00. The highest BCUT2D eigenvalue weighted by Crippen LogP contribution is 2.27. The van der Waals surface area contributed by atoms with Crippen molar-refractivity contribution in [1.82, 2.24) is 9.88 Å². The number of hydrogen-bond acceptors (Lipinski definition) is 4. The van der Waals surface area contributed by atoms with Gasteiger partial charge in [0, 0.05) is 37.1 Å². The molecule has 1 N–H and O–H groups in total. The monoisotopic (exact) mass is 303 g/mol. The van der Waals surface area contributed by atoms with Crippen LogP contribution in [0.25, 0.3) is 0 Å². The van der Waals surface area contributed by atoms with Gasteiger partial charge in [-0.3, -0.25) is 4.79 Å². The Labute approximate surface area is 129 Å². The van der Waals surface area contributed by atoms with Crippen molar-refractivity contribution in [2.75, 3.05) is 26.0 Å². The van der Waals surface area contributed by atoms with E-state index in [9.17, 15) is 4.79 Å². The molecule has 21 heavy (non-hydrogen) atoms. The summed E-state index contributed by atoms with van der Waals surface area (Å²) in [6.45, 7) is 5.20. The van der Waals surface area contributed by atoms with E-state index in [0.29, 0.717) is 5.56 Å². The Morgan fingerprint density at radius 1 is 1.33 bits per heavy atom. The maximum absolute atomic E-state index is 11.8. The Kier molecular flexibility index (Phi) is 4.63. The van der Waals surface area contributed by atoms with Crippen molar-refractivity contribution in [1.29, 1.82) is 0 Å². The molecule has 0 aliphatic carbocycles. The molecule has 112 valence electrons. The fourth-order valence-corrected chi connectivity index (χ4v) is 2.80. The highest BCUT2D eigenvalue weighted by Gasteiger charge is 2.21. The van der Waals surface area contributed by atoms with Gasteiger partial charge in [0.25, 0.3) is 5.91 Å². The van der Waals surface area contributed by atoms with Gasteiger partial charge in [0.15, 0.2) is 0 Å². The fraction of sp³-hybridized carbons (Fsp3) is 0.375. The molecule has 0 saturated carbocycles. The zero-order valence-electron chi connectivity index (χ0n) is 12.9. The normalized spacial score (nSPS) is 11.2. The third-order valence-electron chi connectivity index (χ3n) is 3.32. The van der Waals surface area contributed by atoms with Gasteiger partial charge in [-0.1, -0.05) is 19.9 Å². The summed E-state index contributed by atoms with van der Waals surface area (Å²) in [5, 5.41) is 5.43. The molecule has 0 bridgehead atoms. The predicted molar refractivity (Wildman–Crippen MR) is 88.1 cm³/mol. The van der Waals surface area contributed by atoms with E-state index in [0.717, 1.165) is 12.4 Å². The molecule has 5 heteroatoms. The molecule has 1 amide bonds. The van der Waals surface area contributed by atoms with Crippen LogP contribution in [0, 0.1) is 0 Å². The molecule has 0 fully saturated rings. The minimum absolute atomic E-state index is 0.0343. The van der Waals surface area contributed by atoms with Crippen molar-refractivity contribution in [2.45, 2.75) is 19.3 Å². The van der Waals surface area contributed by atoms with Gasteiger partial charge < -0.3 is 10.2 Å². The molecule has 0 spiro atoms. The Morgan fingerprint density at radius 2 is 2.10 bits per heavy atom. The van der Waals surface area contributed by atoms with E-state index in [1.807, 2.05) is 6.07 Å². The number of anilines is 1. The van der Waals surface area contributed by atoms with Crippen molar-refractivity contribution in [2.24, 2.45) is 0 Å². The first-order valence-electron chi connectivity index (χ1n) is 6.86. The van der Waals surface area contributed by atoms with E-state index in [4.69, 9.17) is 0 Å². The van der Waals surface area contributed by atoms with Gasteiger partial charge in [0.1, 0.15) is 5.82 Å². The third kappa shape index (κ3) is 3.82. The number of carbonyl (C=O) groups excluding carboxylic acids is 1. The number of thiophene rings is 1. The number of nitrogens with zero attached hydrogens (tertiary/aromatic N) is 2. The smallest absolute Gasteiger partial charge is 0.254 e. The molecule has 0 aromatic carbocycles. The molecular formula is C16H21N3OS. The van der Waals surface area contributed by atoms with E-state index in [1.54, 1.807) is 42.6 Å². The number of aromatic nitrogens is 1. The number of carbonyl (C=O) groups is 1. The summed E-state index contributed by atoms with van der Waals surface area (Å²) in [4.78, 5) is 19.0. The fourth-order valence-electron chi connectivity index (χ4n) is 1.95. The number of nitrogens with one attached hydrogen (secondary N) is 1. The zero-order chi connectivity index (χ0) is 15.5. The van der Waals surface area contributed by atoms with Crippen molar-refractivity contribution in [3.05, 3.63) is 46.3 Å². The Balaban J connectivity index is 2.00. The molecule has 0 unspecified atom stereocenters. The van der Waals surface area contributed by atoms with Crippen LogP contribution in [0.2, 0.25) is 0 Å². The molecular weight excluding hydrogens is 282 g/mol. The Bertz CT molecular complexity index is 588. The predicted octanol–water partition coefficient (Wildman–Crippen LogP) is 3.23. The lowest BCUT2D eigenvalue weighted by molar-refractivity contribution is 0.0827. The van der Waals surface area contributed by atoms with Crippen molar-refractivity contribution in [3.8, 4) is 0 Å². The van der Waals surface area contributed by atoms with E-state index in [2.05, 4.69) is 41.7 Å². The zero-order valence-corrected chi connectivity index (χ0v) is 13.7. The van der Waals surface area contributed by atoms with Crippen LogP contribution >= 0.6 is 11.3 Å². The van der Waals surface area contributed by atoms with Gasteiger partial charge >= 0.3 is 0 Å². The van der Waals surface area contributed by atoms with E-state index < -0.39 is 0 Å². The number of pyridine rings is 1. The summed E-state index contributed by atoms with van der Waals surface area (Å²) in [6, 6.07) is 7.87. The van der Waals surface area contributed by atoms with Crippen LogP contribution in [-0.2, 0) is 5.41 Å². The van der Waals surface area contributed by atoms with Gasteiger partial charge in [-0.2, -0.15) is 0 Å². The summed E-state index contributed by atoms with van der Waals surface area (Å²) >= 11 is 1.76. The first-order valence-corrected chi connectivity index (χ1v) is 7.74. The minimum Gasteiger partial charge on any atom is -0.369 e. The van der Waals surface area contributed by atoms with Gasteiger partial charge in [0.2, 0.25) is 0 Å². The summed E-state index contributed by atoms with van der Waals surface area (Å²) in [7, 11) is 3.47. The highest BCUT2D eigenvalue weighted by molar-refractivity contribution is 7.10. The molecule has 2 aromatic heterocycles. The summed E-state index contributed by atoms with van der Waals surface area (Å²) < 4.78 is 0. The first-order chi connectivity index (χ1) is 9.90. The van der Waals surface area contributed by atoms with Gasteiger partial charge in [-0.05, 0) is 23.6 Å². The third-order valence-corrected chi connectivity index (χ3v) is 4.55. The molecule has 0 aliphatic rings. The lowest BCUT2D eigenvalue weighted by Gasteiger charge is -2.24. The van der Waals surface area contributed by atoms with Crippen LogP contribution in [0.4, 0.5) is 5.82 Å². The molecule has 2 aromatic rings. The first kappa shape index (κ1) is 15.5. The van der Waals surface area contributed by atoms with Crippen LogP contribution in [0.5, 0.6) is 0 Å². The van der Waals surface area contributed by atoms with Crippen LogP contribution in [0.15, 0.2) is 35.8 Å². The number of hydrogen-bond donors (Lipinski definition) is 1. The Morgan fingerprint density at radius 3 is 2.62 bits per heavy atom. The standard InChI is InChI=1S/C16H21N3OS/c1-16(2,13-6-5-9-21-13)11-18-14-8-7-12(10-17-14)15(20)19(3)4/h5-10H,11H2,1-4H3,(H,17,18). The number of amides is 1. The van der Waals surface area contributed by atoms with E-state index in [-0.39, 0.29) is 11.3 Å². The maximum atomic E-state index is 11.8. The molecule has 0 saturated heterocycles. The second-order valence-corrected chi connectivity index (χ2v) is 6.79. The second-order valence-electron chi connectivity index (χ2n) is 5.85. The summed E-state index contributed by atoms with van der Waals surface area (Å²) in [5.74, 6) is 0.753. The number of rotatable bonds is 5. The van der Waals surface area contributed by atoms with Crippen LogP contribution in [0.3, 0.4) is 0 Å². The molecule has 0 atom stereocenters. The lowest BCUT2D eigenvalue weighted by atomic mass is 9.91. The molecule has 0 radical (unpaired) electrons. The quantitative estimate of drug-likeness (QED) is 0.922. The second kappa shape index (κ2) is 6.26. The van der Waals surface area contributed by atoms with Crippen molar-refractivity contribution >= 4 is 23.1 Å². The average molecular weight is 303 g/mol. The van der Waals surface area contributed by atoms with Gasteiger partial charge in [-0.15, -0.1) is 11.3 Å². The van der Waals surface area contributed by atoms with Gasteiger partial charge in [0.05, 0.1) is 5.56 Å². The topological polar surface area (TPSA) is 45.2 Å². The maximum Gasteiger partial charge on any atom is 0.254 e. The highest BCUT2D eigenvalue weighted by atomic mass is 32.1. The Hall–Kier alpha value is -1.88. The van der Waals surface area contributed by atoms with Crippen LogP contribution in [-0.4, -0.2) is 36.4 Å². The van der Waals surface area contributed by atoms with E-state index >= 15 is 0 Å². The SMILES string of the molecule is CN(C)C(=O)c1ccc(NCC(C)(C)c2cccs2)nc1. The molecule has 2 rings (SSSR count). The minimum atomic E-state index is -0.0343. The van der Waals surface area contributed by atoms with Gasteiger partial charge in [-0.25, -0.2) is 4.98 Å². The lowest BCUT2D eigenvalue weighted by Crippen LogP contribution is -2.27. The summed E-state index contributed by atoms with van der Waals surface area (Å²) in [5.41, 5.74) is 0.650. The largest absolute Gasteiger partial charge is 0.369 e. The van der Waals surface area contributed by atoms with Crippen molar-refractivity contribution < 1.29 is 4.79 Å². The van der Waals surface area contributed by atoms with Crippen LogP contribution < -0.4 is 5.32 Å². The molecule has 0 aliphatic heterocycles. The van der Waals surface area contributed by atoms with Crippen molar-refractivity contribution in [3.63, 3.8) is 0 Å². The van der Waals surface area contributed by atoms with Crippen LogP contribution in [0.1, 0.15) is 29.1 Å². The summed E-state index contributed by atoms with van der Waals surface area (Å²) in [6.07, 6.45) is 1.61. The molecule has 2 heterocycles.